The van der Waals surface area contributed by atoms with E-state index in [9.17, 15) is 4.79 Å². The van der Waals surface area contributed by atoms with Gasteiger partial charge in [-0.05, 0) is 27.8 Å². The Hall–Kier alpha value is -1.36. The zero-order valence-electron chi connectivity index (χ0n) is 9.66. The summed E-state index contributed by atoms with van der Waals surface area (Å²) in [7, 11) is 1.73. The number of rotatable bonds is 4. The lowest BCUT2D eigenvalue weighted by molar-refractivity contribution is -0.124. The Morgan fingerprint density at radius 3 is 2.60 bits per heavy atom. The number of nitrogens with zero attached hydrogens (tertiary/aromatic N) is 2. The molecule has 1 rings (SSSR count). The number of nitrogens with one attached hydrogen (secondary N) is 1. The van der Waals surface area contributed by atoms with E-state index in [2.05, 4.69) is 10.3 Å². The maximum absolute atomic E-state index is 11.3. The van der Waals surface area contributed by atoms with E-state index < -0.39 is 5.54 Å². The number of likely N-dealkylation sites (N-methyl/N-ethyl adjacent to an activating group) is 1. The molecule has 5 heteroatoms. The van der Waals surface area contributed by atoms with Gasteiger partial charge in [-0.15, -0.1) is 0 Å². The number of aromatic nitrogens is 2. The van der Waals surface area contributed by atoms with Crippen molar-refractivity contribution in [3.63, 3.8) is 0 Å². The van der Waals surface area contributed by atoms with Gasteiger partial charge in [-0.1, -0.05) is 0 Å². The molecular formula is C10H18N4O. The summed E-state index contributed by atoms with van der Waals surface area (Å²) < 4.78 is 1.93. The molecule has 0 aliphatic heterocycles. The third-order valence-corrected chi connectivity index (χ3v) is 2.93. The van der Waals surface area contributed by atoms with Gasteiger partial charge in [-0.25, -0.2) is 4.98 Å². The third-order valence-electron chi connectivity index (χ3n) is 2.93. The lowest BCUT2D eigenvalue weighted by Crippen LogP contribution is -2.54. The van der Waals surface area contributed by atoms with Crippen molar-refractivity contribution in [1.29, 1.82) is 0 Å². The topological polar surface area (TPSA) is 72.9 Å². The Balaban J connectivity index is 2.94. The molecule has 0 radical (unpaired) electrons. The molecule has 1 atom stereocenters. The van der Waals surface area contributed by atoms with E-state index in [4.69, 9.17) is 5.73 Å². The minimum absolute atomic E-state index is 0.365. The van der Waals surface area contributed by atoms with Crippen LogP contribution in [0.15, 0.2) is 6.33 Å². The largest absolute Gasteiger partial charge is 0.368 e. The van der Waals surface area contributed by atoms with Crippen molar-refractivity contribution < 1.29 is 4.79 Å². The maximum Gasteiger partial charge on any atom is 0.239 e. The Labute approximate surface area is 89.7 Å². The average Bonchev–Trinajstić information content (AvgIpc) is 2.49. The SMILES string of the molecule is CNC(C)(Cn1cnc(C)c1C)C(N)=O. The Bertz CT molecular complexity index is 371. The van der Waals surface area contributed by atoms with Gasteiger partial charge in [0.05, 0.1) is 18.6 Å². The Morgan fingerprint density at radius 1 is 1.67 bits per heavy atom. The van der Waals surface area contributed by atoms with Gasteiger partial charge in [0.1, 0.15) is 5.54 Å². The molecule has 0 bridgehead atoms. The van der Waals surface area contributed by atoms with Crippen LogP contribution in [0.4, 0.5) is 0 Å². The fourth-order valence-corrected chi connectivity index (χ4v) is 1.32. The number of carbonyl (C=O) groups is 1. The highest BCUT2D eigenvalue weighted by molar-refractivity contribution is 5.84. The molecule has 1 aromatic rings. The highest BCUT2D eigenvalue weighted by atomic mass is 16.1. The number of nitrogens with two attached hydrogens (primary N) is 1. The summed E-state index contributed by atoms with van der Waals surface area (Å²) >= 11 is 0. The van der Waals surface area contributed by atoms with Gasteiger partial charge < -0.3 is 15.6 Å². The van der Waals surface area contributed by atoms with Crippen LogP contribution < -0.4 is 11.1 Å². The second-order valence-electron chi connectivity index (χ2n) is 3.99. The van der Waals surface area contributed by atoms with E-state index in [0.29, 0.717) is 6.54 Å². The van der Waals surface area contributed by atoms with Crippen molar-refractivity contribution in [3.05, 3.63) is 17.7 Å². The molecule has 1 aromatic heterocycles. The van der Waals surface area contributed by atoms with Gasteiger partial charge in [0.25, 0.3) is 0 Å². The first-order valence-corrected chi connectivity index (χ1v) is 4.88. The van der Waals surface area contributed by atoms with E-state index in [-0.39, 0.29) is 5.91 Å². The second-order valence-corrected chi connectivity index (χ2v) is 3.99. The molecule has 84 valence electrons. The first kappa shape index (κ1) is 11.7. The van der Waals surface area contributed by atoms with Crippen LogP contribution in [0.3, 0.4) is 0 Å². The summed E-state index contributed by atoms with van der Waals surface area (Å²) in [6.07, 6.45) is 1.73. The molecule has 5 nitrogen and oxygen atoms in total. The molecule has 0 aromatic carbocycles. The number of imidazole rings is 1. The molecule has 1 unspecified atom stereocenters. The van der Waals surface area contributed by atoms with E-state index in [0.717, 1.165) is 11.4 Å². The van der Waals surface area contributed by atoms with Crippen molar-refractivity contribution in [2.75, 3.05) is 7.05 Å². The van der Waals surface area contributed by atoms with Crippen molar-refractivity contribution >= 4 is 5.91 Å². The van der Waals surface area contributed by atoms with E-state index in [1.165, 1.54) is 0 Å². The van der Waals surface area contributed by atoms with Crippen LogP contribution in [-0.2, 0) is 11.3 Å². The van der Waals surface area contributed by atoms with Gasteiger partial charge in [0, 0.05) is 5.69 Å². The predicted octanol–water partition coefficient (Wildman–Crippen LogP) is -0.0367. The molecule has 3 N–H and O–H groups in total. The lowest BCUT2D eigenvalue weighted by Gasteiger charge is -2.26. The molecule has 0 saturated carbocycles. The third kappa shape index (κ3) is 2.18. The zero-order chi connectivity index (χ0) is 11.6. The number of hydrogen-bond donors (Lipinski definition) is 2. The zero-order valence-corrected chi connectivity index (χ0v) is 9.66. The molecule has 1 heterocycles. The fourth-order valence-electron chi connectivity index (χ4n) is 1.32. The first-order chi connectivity index (χ1) is 6.90. The van der Waals surface area contributed by atoms with Gasteiger partial charge in [0.2, 0.25) is 5.91 Å². The number of carbonyl (C=O) groups excluding carboxylic acids is 1. The van der Waals surface area contributed by atoms with Crippen LogP contribution >= 0.6 is 0 Å². The second kappa shape index (κ2) is 4.02. The summed E-state index contributed by atoms with van der Waals surface area (Å²) in [5, 5.41) is 2.94. The standard InChI is InChI=1S/C10H18N4O/c1-7-8(2)14(6-13-7)5-10(3,12-4)9(11)15/h6,12H,5H2,1-4H3,(H2,11,15). The van der Waals surface area contributed by atoms with E-state index in [1.54, 1.807) is 20.3 Å². The van der Waals surface area contributed by atoms with E-state index >= 15 is 0 Å². The Morgan fingerprint density at radius 2 is 2.27 bits per heavy atom. The summed E-state index contributed by atoms with van der Waals surface area (Å²) in [4.78, 5) is 15.5. The molecular weight excluding hydrogens is 192 g/mol. The quantitative estimate of drug-likeness (QED) is 0.732. The highest BCUT2D eigenvalue weighted by Gasteiger charge is 2.29. The smallest absolute Gasteiger partial charge is 0.239 e. The van der Waals surface area contributed by atoms with Crippen LogP contribution in [0.2, 0.25) is 0 Å². The van der Waals surface area contributed by atoms with Gasteiger partial charge in [-0.3, -0.25) is 4.79 Å². The fraction of sp³-hybridized carbons (Fsp3) is 0.600. The van der Waals surface area contributed by atoms with Crippen LogP contribution in [0.5, 0.6) is 0 Å². The van der Waals surface area contributed by atoms with Crippen LogP contribution in [0.25, 0.3) is 0 Å². The Kier molecular flexibility index (Phi) is 3.14. The first-order valence-electron chi connectivity index (χ1n) is 4.88. The minimum atomic E-state index is -0.738. The molecule has 0 spiro atoms. The van der Waals surface area contributed by atoms with Crippen LogP contribution in [-0.4, -0.2) is 28.0 Å². The molecule has 15 heavy (non-hydrogen) atoms. The van der Waals surface area contributed by atoms with Crippen molar-refractivity contribution in [2.45, 2.75) is 32.9 Å². The lowest BCUT2D eigenvalue weighted by atomic mass is 10.0. The molecule has 0 fully saturated rings. The van der Waals surface area contributed by atoms with Crippen LogP contribution in [0, 0.1) is 13.8 Å². The summed E-state index contributed by atoms with van der Waals surface area (Å²) in [5.74, 6) is -0.365. The van der Waals surface area contributed by atoms with Crippen molar-refractivity contribution in [2.24, 2.45) is 5.73 Å². The predicted molar refractivity (Wildman–Crippen MR) is 58.4 cm³/mol. The van der Waals surface area contributed by atoms with Gasteiger partial charge >= 0.3 is 0 Å². The number of aryl methyl sites for hydroxylation is 1. The monoisotopic (exact) mass is 210 g/mol. The van der Waals surface area contributed by atoms with Gasteiger partial charge in [-0.2, -0.15) is 0 Å². The number of primary amides is 1. The van der Waals surface area contributed by atoms with Crippen LogP contribution in [0.1, 0.15) is 18.3 Å². The normalized spacial score (nSPS) is 14.9. The molecule has 0 aliphatic rings. The molecule has 0 aliphatic carbocycles. The summed E-state index contributed by atoms with van der Waals surface area (Å²) in [6, 6.07) is 0. The van der Waals surface area contributed by atoms with Gasteiger partial charge in [0.15, 0.2) is 0 Å². The minimum Gasteiger partial charge on any atom is -0.368 e. The molecule has 1 amide bonds. The number of hydrogen-bond acceptors (Lipinski definition) is 3. The molecule has 0 saturated heterocycles. The average molecular weight is 210 g/mol. The summed E-state index contributed by atoms with van der Waals surface area (Å²) in [6.45, 7) is 6.18. The van der Waals surface area contributed by atoms with Crippen molar-refractivity contribution in [1.82, 2.24) is 14.9 Å². The number of amides is 1. The van der Waals surface area contributed by atoms with E-state index in [1.807, 2.05) is 18.4 Å². The maximum atomic E-state index is 11.3. The van der Waals surface area contributed by atoms with Crippen molar-refractivity contribution in [3.8, 4) is 0 Å². The highest BCUT2D eigenvalue weighted by Crippen LogP contribution is 2.11. The summed E-state index contributed by atoms with van der Waals surface area (Å²) in [5.41, 5.74) is 6.64.